The molecule has 6 nitrogen and oxygen atoms in total. The normalized spacial score (nSPS) is 11.3. The van der Waals surface area contributed by atoms with Crippen LogP contribution < -0.4 is 10.6 Å². The molecule has 0 radical (unpaired) electrons. The number of esters is 1. The number of ether oxygens (including phenoxy) is 1. The van der Waals surface area contributed by atoms with Crippen LogP contribution in [0.15, 0.2) is 48.5 Å². The number of hydrogen-bond donors (Lipinski definition) is 2. The number of halogens is 1. The summed E-state index contributed by atoms with van der Waals surface area (Å²) in [6.45, 7) is 2.89. The Morgan fingerprint density at radius 2 is 1.77 bits per heavy atom. The molecule has 0 saturated heterocycles. The van der Waals surface area contributed by atoms with Gasteiger partial charge in [0.25, 0.3) is 11.8 Å². The van der Waals surface area contributed by atoms with E-state index in [1.165, 1.54) is 6.92 Å². The first kappa shape index (κ1) is 19.5. The molecule has 0 spiro atoms. The number of hydrogen-bond acceptors (Lipinski definition) is 4. The zero-order valence-electron chi connectivity index (χ0n) is 14.4. The van der Waals surface area contributed by atoms with Gasteiger partial charge in [0, 0.05) is 16.3 Å². The number of amides is 2. The van der Waals surface area contributed by atoms with Crippen molar-refractivity contribution in [1.82, 2.24) is 5.32 Å². The molecule has 2 aromatic carbocycles. The maximum Gasteiger partial charge on any atom is 0.326 e. The van der Waals surface area contributed by atoms with Gasteiger partial charge in [0.15, 0.2) is 6.10 Å². The average Bonchev–Trinajstić information content (AvgIpc) is 2.64. The summed E-state index contributed by atoms with van der Waals surface area (Å²) in [5.74, 6) is -1.59. The largest absolute Gasteiger partial charge is 0.451 e. The van der Waals surface area contributed by atoms with E-state index in [1.54, 1.807) is 55.5 Å². The van der Waals surface area contributed by atoms with Crippen LogP contribution in [0.3, 0.4) is 0 Å². The molecule has 2 N–H and O–H groups in total. The van der Waals surface area contributed by atoms with Crippen LogP contribution in [0.25, 0.3) is 0 Å². The molecule has 26 heavy (non-hydrogen) atoms. The Kier molecular flexibility index (Phi) is 6.74. The van der Waals surface area contributed by atoms with Gasteiger partial charge in [-0.3, -0.25) is 14.4 Å². The first-order valence-corrected chi connectivity index (χ1v) is 8.35. The zero-order chi connectivity index (χ0) is 19.1. The van der Waals surface area contributed by atoms with Crippen molar-refractivity contribution >= 4 is 35.1 Å². The van der Waals surface area contributed by atoms with Crippen molar-refractivity contribution in [1.29, 1.82) is 0 Å². The molecule has 0 aliphatic rings. The van der Waals surface area contributed by atoms with E-state index in [0.29, 0.717) is 16.3 Å². The fourth-order valence-electron chi connectivity index (χ4n) is 2.11. The second-order valence-electron chi connectivity index (χ2n) is 5.58. The molecule has 0 bridgehead atoms. The topological polar surface area (TPSA) is 84.5 Å². The van der Waals surface area contributed by atoms with Gasteiger partial charge < -0.3 is 15.4 Å². The summed E-state index contributed by atoms with van der Waals surface area (Å²) in [6, 6.07) is 13.6. The molecule has 0 aliphatic heterocycles. The Balaban J connectivity index is 1.83. The molecule has 136 valence electrons. The number of nitrogens with one attached hydrogen (secondary N) is 2. The smallest absolute Gasteiger partial charge is 0.326 e. The van der Waals surface area contributed by atoms with E-state index < -0.39 is 23.9 Å². The monoisotopic (exact) mass is 374 g/mol. The van der Waals surface area contributed by atoms with Crippen molar-refractivity contribution in [2.24, 2.45) is 0 Å². The van der Waals surface area contributed by atoms with Crippen LogP contribution in [0.2, 0.25) is 5.02 Å². The Hall–Kier alpha value is -2.86. The first-order chi connectivity index (χ1) is 12.4. The van der Waals surface area contributed by atoms with Crippen molar-refractivity contribution < 1.29 is 19.1 Å². The van der Waals surface area contributed by atoms with Gasteiger partial charge in [-0.25, -0.2) is 0 Å². The van der Waals surface area contributed by atoms with Gasteiger partial charge in [-0.1, -0.05) is 35.9 Å². The van der Waals surface area contributed by atoms with Crippen molar-refractivity contribution in [3.8, 4) is 0 Å². The van der Waals surface area contributed by atoms with Gasteiger partial charge >= 0.3 is 5.97 Å². The predicted molar refractivity (Wildman–Crippen MR) is 99.1 cm³/mol. The van der Waals surface area contributed by atoms with E-state index in [9.17, 15) is 14.4 Å². The summed E-state index contributed by atoms with van der Waals surface area (Å²) in [4.78, 5) is 35.9. The quantitative estimate of drug-likeness (QED) is 0.761. The minimum atomic E-state index is -1.02. The summed E-state index contributed by atoms with van der Waals surface area (Å²) >= 11 is 6.01. The van der Waals surface area contributed by atoms with E-state index in [2.05, 4.69) is 10.6 Å². The molecule has 2 aromatic rings. The highest BCUT2D eigenvalue weighted by Gasteiger charge is 2.19. The highest BCUT2D eigenvalue weighted by atomic mass is 35.5. The lowest BCUT2D eigenvalue weighted by Crippen LogP contribution is -2.35. The maximum atomic E-state index is 12.2. The number of carbonyl (C=O) groups excluding carboxylic acids is 3. The van der Waals surface area contributed by atoms with Crippen LogP contribution in [-0.4, -0.2) is 30.4 Å². The lowest BCUT2D eigenvalue weighted by Gasteiger charge is -2.15. The molecule has 1 atom stereocenters. The predicted octanol–water partition coefficient (Wildman–Crippen LogP) is 2.95. The number of anilines is 1. The average molecular weight is 375 g/mol. The Morgan fingerprint density at radius 1 is 1.08 bits per heavy atom. The second-order valence-corrected chi connectivity index (χ2v) is 5.99. The van der Waals surface area contributed by atoms with E-state index >= 15 is 0 Å². The molecule has 2 amide bonds. The lowest BCUT2D eigenvalue weighted by atomic mass is 10.2. The van der Waals surface area contributed by atoms with Crippen molar-refractivity contribution in [3.05, 3.63) is 64.7 Å². The molecule has 7 heteroatoms. The summed E-state index contributed by atoms with van der Waals surface area (Å²) in [5.41, 5.74) is 1.70. The Labute approximate surface area is 156 Å². The summed E-state index contributed by atoms with van der Waals surface area (Å²) in [5, 5.41) is 5.63. The molecule has 0 heterocycles. The highest BCUT2D eigenvalue weighted by molar-refractivity contribution is 6.31. The third kappa shape index (κ3) is 5.32. The SMILES string of the molecule is Cc1c(Cl)cccc1NC(=O)[C@H](C)OC(=O)CNC(=O)c1ccccc1. The third-order valence-corrected chi connectivity index (χ3v) is 4.04. The zero-order valence-corrected chi connectivity index (χ0v) is 15.2. The second kappa shape index (κ2) is 9.01. The maximum absolute atomic E-state index is 12.2. The van der Waals surface area contributed by atoms with E-state index in [1.807, 2.05) is 0 Å². The summed E-state index contributed by atoms with van der Waals surface area (Å²) in [6.07, 6.45) is -1.02. The van der Waals surface area contributed by atoms with Gasteiger partial charge in [0.05, 0.1) is 0 Å². The number of rotatable bonds is 6. The van der Waals surface area contributed by atoms with Gasteiger partial charge in [0.1, 0.15) is 6.54 Å². The van der Waals surface area contributed by atoms with Crippen molar-refractivity contribution in [2.45, 2.75) is 20.0 Å². The van der Waals surface area contributed by atoms with Gasteiger partial charge in [0.2, 0.25) is 0 Å². The van der Waals surface area contributed by atoms with Crippen LogP contribution in [0.5, 0.6) is 0 Å². The lowest BCUT2D eigenvalue weighted by molar-refractivity contribution is -0.152. The van der Waals surface area contributed by atoms with Crippen LogP contribution in [0, 0.1) is 6.92 Å². The standard InChI is InChI=1S/C19H19ClN2O4/c1-12-15(20)9-6-10-16(12)22-18(24)13(2)26-17(23)11-21-19(25)14-7-4-3-5-8-14/h3-10,13H,11H2,1-2H3,(H,21,25)(H,22,24)/t13-/m0/s1. The Morgan fingerprint density at radius 3 is 2.46 bits per heavy atom. The van der Waals surface area contributed by atoms with Gasteiger partial charge in [-0.05, 0) is 43.7 Å². The third-order valence-electron chi connectivity index (χ3n) is 3.63. The molecule has 0 unspecified atom stereocenters. The van der Waals surface area contributed by atoms with E-state index in [4.69, 9.17) is 16.3 Å². The van der Waals surface area contributed by atoms with Gasteiger partial charge in [-0.15, -0.1) is 0 Å². The molecule has 0 fully saturated rings. The number of carbonyl (C=O) groups is 3. The van der Waals surface area contributed by atoms with Gasteiger partial charge in [-0.2, -0.15) is 0 Å². The minimum absolute atomic E-state index is 0.332. The first-order valence-electron chi connectivity index (χ1n) is 7.97. The van der Waals surface area contributed by atoms with Crippen LogP contribution in [0.1, 0.15) is 22.8 Å². The Bertz CT molecular complexity index is 808. The van der Waals surface area contributed by atoms with Crippen LogP contribution >= 0.6 is 11.6 Å². The van der Waals surface area contributed by atoms with Crippen LogP contribution in [0.4, 0.5) is 5.69 Å². The number of benzene rings is 2. The van der Waals surface area contributed by atoms with Crippen molar-refractivity contribution in [2.75, 3.05) is 11.9 Å². The fraction of sp³-hybridized carbons (Fsp3) is 0.211. The molecule has 0 aromatic heterocycles. The molecule has 2 rings (SSSR count). The fourth-order valence-corrected chi connectivity index (χ4v) is 2.29. The highest BCUT2D eigenvalue weighted by Crippen LogP contribution is 2.23. The van der Waals surface area contributed by atoms with E-state index in [0.717, 1.165) is 5.56 Å². The molecular formula is C19H19ClN2O4. The van der Waals surface area contributed by atoms with E-state index in [-0.39, 0.29) is 6.54 Å². The molecule has 0 aliphatic carbocycles. The summed E-state index contributed by atoms with van der Waals surface area (Å²) < 4.78 is 5.04. The molecular weight excluding hydrogens is 356 g/mol. The minimum Gasteiger partial charge on any atom is -0.451 e. The molecule has 0 saturated carbocycles. The van der Waals surface area contributed by atoms with Crippen LogP contribution in [-0.2, 0) is 14.3 Å². The summed E-state index contributed by atoms with van der Waals surface area (Å²) in [7, 11) is 0. The van der Waals surface area contributed by atoms with Crippen molar-refractivity contribution in [3.63, 3.8) is 0 Å².